The predicted octanol–water partition coefficient (Wildman–Crippen LogP) is 2.51. The lowest BCUT2D eigenvalue weighted by Gasteiger charge is -2.31. The Labute approximate surface area is 148 Å². The van der Waals surface area contributed by atoms with Gasteiger partial charge in [0.2, 0.25) is 0 Å². The van der Waals surface area contributed by atoms with E-state index in [9.17, 15) is 0 Å². The number of nitrogens with two attached hydrogens (primary N) is 1. The predicted molar refractivity (Wildman–Crippen MR) is 96.3 cm³/mol. The fraction of sp³-hybridized carbons (Fsp3) is 0.611. The Kier molecular flexibility index (Phi) is 5.65. The number of methoxy groups -OCH3 is 2. The Morgan fingerprint density at radius 1 is 1.24 bits per heavy atom. The number of aliphatic imine (C=N–C) groups is 1. The van der Waals surface area contributed by atoms with Crippen molar-refractivity contribution in [2.45, 2.75) is 44.0 Å². The van der Waals surface area contributed by atoms with E-state index in [1.165, 1.54) is 19.3 Å². The highest BCUT2D eigenvalue weighted by atomic mass is 16.7. The van der Waals surface area contributed by atoms with Gasteiger partial charge >= 0.3 is 0 Å². The summed E-state index contributed by atoms with van der Waals surface area (Å²) >= 11 is 0. The van der Waals surface area contributed by atoms with Crippen LogP contribution in [0.15, 0.2) is 23.2 Å². The van der Waals surface area contributed by atoms with Gasteiger partial charge in [0.1, 0.15) is 6.10 Å². The normalized spacial score (nSPS) is 22.8. The molecule has 138 valence electrons. The second kappa shape index (κ2) is 7.93. The van der Waals surface area contributed by atoms with Crippen LogP contribution in [0.1, 0.15) is 32.1 Å². The summed E-state index contributed by atoms with van der Waals surface area (Å²) in [5.74, 6) is 1.26. The molecule has 1 unspecified atom stereocenters. The number of ether oxygens (including phenoxy) is 4. The minimum atomic E-state index is -0.371. The third kappa shape index (κ3) is 4.35. The van der Waals surface area contributed by atoms with Crippen molar-refractivity contribution in [1.29, 1.82) is 0 Å². The highest BCUT2D eigenvalue weighted by Crippen LogP contribution is 2.37. The average Bonchev–Trinajstić information content (AvgIpc) is 3.02. The molecule has 1 aromatic carbocycles. The number of nitrogens with one attached hydrogen (secondary N) is 1. The smallest absolute Gasteiger partial charge is 0.193 e. The zero-order valence-electron chi connectivity index (χ0n) is 14.9. The fourth-order valence-corrected chi connectivity index (χ4v) is 3.36. The van der Waals surface area contributed by atoms with E-state index < -0.39 is 0 Å². The van der Waals surface area contributed by atoms with Gasteiger partial charge in [0.15, 0.2) is 23.2 Å². The van der Waals surface area contributed by atoms with Crippen LogP contribution in [0.2, 0.25) is 0 Å². The minimum Gasteiger partial charge on any atom is -0.493 e. The number of hydrogen-bond acceptors (Lipinski definition) is 5. The molecule has 1 heterocycles. The monoisotopic (exact) mass is 349 g/mol. The third-order valence-corrected chi connectivity index (χ3v) is 4.65. The molecule has 1 aliphatic heterocycles. The number of anilines is 1. The molecule has 0 radical (unpaired) electrons. The number of guanidine groups is 1. The minimum absolute atomic E-state index is 0.0381. The first-order valence-electron chi connectivity index (χ1n) is 8.75. The van der Waals surface area contributed by atoms with Crippen molar-refractivity contribution in [2.75, 3.05) is 32.7 Å². The topological polar surface area (TPSA) is 87.3 Å². The van der Waals surface area contributed by atoms with Gasteiger partial charge in [-0.2, -0.15) is 0 Å². The van der Waals surface area contributed by atoms with E-state index in [0.717, 1.165) is 18.5 Å². The zero-order chi connectivity index (χ0) is 17.7. The Bertz CT molecular complexity index is 614. The van der Waals surface area contributed by atoms with Crippen molar-refractivity contribution in [3.8, 4) is 11.5 Å². The maximum Gasteiger partial charge on any atom is 0.193 e. The Morgan fingerprint density at radius 2 is 2.00 bits per heavy atom. The molecule has 0 amide bonds. The molecule has 2 aliphatic rings. The molecule has 2 fully saturated rings. The van der Waals surface area contributed by atoms with E-state index in [-0.39, 0.29) is 11.9 Å². The summed E-state index contributed by atoms with van der Waals surface area (Å²) in [6.45, 7) is 1.06. The van der Waals surface area contributed by atoms with Crippen LogP contribution in [0.4, 0.5) is 5.69 Å². The van der Waals surface area contributed by atoms with Crippen LogP contribution >= 0.6 is 0 Å². The molecular formula is C18H27N3O4. The van der Waals surface area contributed by atoms with Crippen molar-refractivity contribution in [1.82, 2.24) is 0 Å². The van der Waals surface area contributed by atoms with E-state index >= 15 is 0 Å². The molecule has 0 bridgehead atoms. The van der Waals surface area contributed by atoms with E-state index in [4.69, 9.17) is 24.7 Å². The largest absolute Gasteiger partial charge is 0.493 e. The summed E-state index contributed by atoms with van der Waals surface area (Å²) in [6.07, 6.45) is 5.51. The first-order chi connectivity index (χ1) is 12.1. The van der Waals surface area contributed by atoms with Gasteiger partial charge in [0.05, 0.1) is 27.4 Å². The lowest BCUT2D eigenvalue weighted by atomic mass is 9.94. The van der Waals surface area contributed by atoms with Crippen molar-refractivity contribution in [3.63, 3.8) is 0 Å². The first-order valence-corrected chi connectivity index (χ1v) is 8.75. The standard InChI is InChI=1S/C18H27N3O4/c1-22-15-7-6-13(10-16(15)23-2)21-17(19)20-11-14-12-24-18(25-14)8-4-3-5-9-18/h6-7,10,14H,3-5,8-9,11-12H2,1-2H3,(H3,19,20,21). The Morgan fingerprint density at radius 3 is 2.72 bits per heavy atom. The maximum atomic E-state index is 6.11. The molecule has 25 heavy (non-hydrogen) atoms. The van der Waals surface area contributed by atoms with E-state index in [2.05, 4.69) is 10.3 Å². The Balaban J connectivity index is 1.54. The summed E-state index contributed by atoms with van der Waals surface area (Å²) in [5.41, 5.74) is 6.77. The van der Waals surface area contributed by atoms with Gasteiger partial charge in [-0.15, -0.1) is 0 Å². The average molecular weight is 349 g/mol. The van der Waals surface area contributed by atoms with Crippen LogP contribution in [0.5, 0.6) is 11.5 Å². The van der Waals surface area contributed by atoms with Crippen LogP contribution in [-0.2, 0) is 9.47 Å². The van der Waals surface area contributed by atoms with Crippen LogP contribution < -0.4 is 20.5 Å². The summed E-state index contributed by atoms with van der Waals surface area (Å²) in [6, 6.07) is 5.48. The lowest BCUT2D eigenvalue weighted by molar-refractivity contribution is -0.186. The van der Waals surface area contributed by atoms with Crippen LogP contribution in [0.25, 0.3) is 0 Å². The molecule has 7 nitrogen and oxygen atoms in total. The van der Waals surface area contributed by atoms with E-state index in [1.807, 2.05) is 18.2 Å². The molecule has 1 spiro atoms. The van der Waals surface area contributed by atoms with Crippen molar-refractivity contribution < 1.29 is 18.9 Å². The van der Waals surface area contributed by atoms with Crippen LogP contribution in [0.3, 0.4) is 0 Å². The van der Waals surface area contributed by atoms with Gasteiger partial charge in [-0.3, -0.25) is 4.99 Å². The molecule has 1 saturated heterocycles. The van der Waals surface area contributed by atoms with Crippen molar-refractivity contribution >= 4 is 11.6 Å². The van der Waals surface area contributed by atoms with Gasteiger partial charge in [-0.1, -0.05) is 6.42 Å². The third-order valence-electron chi connectivity index (χ3n) is 4.65. The second-order valence-corrected chi connectivity index (χ2v) is 6.44. The number of benzene rings is 1. The van der Waals surface area contributed by atoms with Gasteiger partial charge in [-0.25, -0.2) is 0 Å². The Hall–Kier alpha value is -1.99. The van der Waals surface area contributed by atoms with E-state index in [0.29, 0.717) is 30.6 Å². The molecule has 3 N–H and O–H groups in total. The van der Waals surface area contributed by atoms with Crippen molar-refractivity contribution in [2.24, 2.45) is 10.7 Å². The highest BCUT2D eigenvalue weighted by molar-refractivity contribution is 5.92. The van der Waals surface area contributed by atoms with Gasteiger partial charge in [0.25, 0.3) is 0 Å². The van der Waals surface area contributed by atoms with Crippen molar-refractivity contribution in [3.05, 3.63) is 18.2 Å². The summed E-state index contributed by atoms with van der Waals surface area (Å²) in [5, 5.41) is 3.06. The summed E-state index contributed by atoms with van der Waals surface area (Å²) in [7, 11) is 3.20. The molecule has 1 saturated carbocycles. The second-order valence-electron chi connectivity index (χ2n) is 6.44. The SMILES string of the molecule is COc1ccc(NC(N)=NCC2COC3(CCCCC3)O2)cc1OC. The summed E-state index contributed by atoms with van der Waals surface area (Å²) in [4.78, 5) is 4.38. The fourth-order valence-electron chi connectivity index (χ4n) is 3.36. The van der Waals surface area contributed by atoms with Gasteiger partial charge < -0.3 is 30.0 Å². The molecule has 3 rings (SSSR count). The quantitative estimate of drug-likeness (QED) is 0.627. The number of nitrogens with zero attached hydrogens (tertiary/aromatic N) is 1. The van der Waals surface area contributed by atoms with Crippen LogP contribution in [0, 0.1) is 0 Å². The molecule has 1 aliphatic carbocycles. The molecule has 7 heteroatoms. The maximum absolute atomic E-state index is 6.11. The summed E-state index contributed by atoms with van der Waals surface area (Å²) < 4.78 is 22.5. The molecular weight excluding hydrogens is 322 g/mol. The number of hydrogen-bond donors (Lipinski definition) is 2. The molecule has 0 aromatic heterocycles. The zero-order valence-corrected chi connectivity index (χ0v) is 14.9. The number of rotatable bonds is 5. The molecule has 1 aromatic rings. The van der Waals surface area contributed by atoms with Gasteiger partial charge in [0, 0.05) is 24.6 Å². The lowest BCUT2D eigenvalue weighted by Crippen LogP contribution is -2.34. The molecule has 1 atom stereocenters. The van der Waals surface area contributed by atoms with Crippen LogP contribution in [-0.4, -0.2) is 45.2 Å². The highest BCUT2D eigenvalue weighted by Gasteiger charge is 2.41. The first kappa shape index (κ1) is 17.8. The van der Waals surface area contributed by atoms with Gasteiger partial charge in [-0.05, 0) is 25.0 Å². The van der Waals surface area contributed by atoms with E-state index in [1.54, 1.807) is 14.2 Å².